The number of halogens is 1. The lowest BCUT2D eigenvalue weighted by atomic mass is 9.90. The lowest BCUT2D eigenvalue weighted by molar-refractivity contribution is 0.452. The number of anilines is 1. The highest BCUT2D eigenvalue weighted by molar-refractivity contribution is 14.0. The van der Waals surface area contributed by atoms with Crippen LogP contribution in [0.1, 0.15) is 30.4 Å². The summed E-state index contributed by atoms with van der Waals surface area (Å²) in [6.45, 7) is 1.38. The van der Waals surface area contributed by atoms with E-state index in [0.29, 0.717) is 32.0 Å². The van der Waals surface area contributed by atoms with Crippen molar-refractivity contribution in [2.24, 2.45) is 10.7 Å². The van der Waals surface area contributed by atoms with Crippen molar-refractivity contribution in [2.45, 2.75) is 32.1 Å². The molecule has 24 heavy (non-hydrogen) atoms. The van der Waals surface area contributed by atoms with Gasteiger partial charge in [0.25, 0.3) is 0 Å². The number of hydrogen-bond donors (Lipinski definition) is 2. The molecule has 1 aromatic carbocycles. The van der Waals surface area contributed by atoms with Gasteiger partial charge in [-0.1, -0.05) is 12.1 Å². The smallest absolute Gasteiger partial charge is 0.214 e. The van der Waals surface area contributed by atoms with Gasteiger partial charge in [0.1, 0.15) is 0 Å². The maximum absolute atomic E-state index is 11.7. The summed E-state index contributed by atoms with van der Waals surface area (Å²) in [6, 6.07) is 6.24. The highest BCUT2D eigenvalue weighted by atomic mass is 127. The molecule has 1 heterocycles. The largest absolute Gasteiger partial charge is 0.370 e. The Morgan fingerprint density at radius 1 is 1.25 bits per heavy atom. The van der Waals surface area contributed by atoms with Gasteiger partial charge in [-0.15, -0.1) is 24.0 Å². The Labute approximate surface area is 161 Å². The molecule has 0 aromatic heterocycles. The zero-order valence-corrected chi connectivity index (χ0v) is 16.8. The minimum Gasteiger partial charge on any atom is -0.370 e. The van der Waals surface area contributed by atoms with Crippen molar-refractivity contribution < 1.29 is 8.42 Å². The predicted molar refractivity (Wildman–Crippen MR) is 109 cm³/mol. The van der Waals surface area contributed by atoms with E-state index in [4.69, 9.17) is 5.73 Å². The molecule has 0 saturated carbocycles. The van der Waals surface area contributed by atoms with Gasteiger partial charge in [0.15, 0.2) is 5.96 Å². The maximum atomic E-state index is 11.7. The van der Waals surface area contributed by atoms with Gasteiger partial charge >= 0.3 is 0 Å². The molecule has 1 fully saturated rings. The van der Waals surface area contributed by atoms with Crippen molar-refractivity contribution in [3.8, 4) is 0 Å². The SMILES string of the molecule is I.NC(=NCCN1CCCS1(=O)=O)Nc1cccc2c1CCCC2. The zero-order chi connectivity index (χ0) is 16.3. The molecule has 0 unspecified atom stereocenters. The van der Waals surface area contributed by atoms with Crippen LogP contribution in [0.15, 0.2) is 23.2 Å². The van der Waals surface area contributed by atoms with Crippen molar-refractivity contribution in [3.05, 3.63) is 29.3 Å². The Morgan fingerprint density at radius 3 is 2.79 bits per heavy atom. The molecule has 8 heteroatoms. The van der Waals surface area contributed by atoms with Gasteiger partial charge in [-0.25, -0.2) is 12.7 Å². The number of fused-ring (bicyclic) bond motifs is 1. The van der Waals surface area contributed by atoms with Crippen LogP contribution >= 0.6 is 24.0 Å². The molecule has 1 aromatic rings. The van der Waals surface area contributed by atoms with E-state index in [1.54, 1.807) is 0 Å². The van der Waals surface area contributed by atoms with Crippen LogP contribution < -0.4 is 11.1 Å². The summed E-state index contributed by atoms with van der Waals surface area (Å²) in [7, 11) is -3.05. The van der Waals surface area contributed by atoms with Gasteiger partial charge < -0.3 is 11.1 Å². The Morgan fingerprint density at radius 2 is 2.04 bits per heavy atom. The van der Waals surface area contributed by atoms with Gasteiger partial charge in [-0.2, -0.15) is 0 Å². The fourth-order valence-electron chi connectivity index (χ4n) is 3.30. The van der Waals surface area contributed by atoms with E-state index < -0.39 is 10.0 Å². The molecular formula is C16H25IN4O2S. The van der Waals surface area contributed by atoms with Crippen molar-refractivity contribution in [3.63, 3.8) is 0 Å². The number of guanidine groups is 1. The number of aliphatic imine (C=N–C) groups is 1. The monoisotopic (exact) mass is 464 g/mol. The Kier molecular flexibility index (Phi) is 6.88. The number of rotatable bonds is 4. The van der Waals surface area contributed by atoms with Crippen LogP contribution in [0.3, 0.4) is 0 Å². The molecular weight excluding hydrogens is 439 g/mol. The van der Waals surface area contributed by atoms with Crippen molar-refractivity contribution in [1.29, 1.82) is 0 Å². The summed E-state index contributed by atoms with van der Waals surface area (Å²) in [5.41, 5.74) is 9.71. The summed E-state index contributed by atoms with van der Waals surface area (Å²) in [6.07, 6.45) is 5.34. The summed E-state index contributed by atoms with van der Waals surface area (Å²) in [4.78, 5) is 4.27. The first-order valence-electron chi connectivity index (χ1n) is 8.22. The molecule has 134 valence electrons. The second-order valence-corrected chi connectivity index (χ2v) is 8.20. The summed E-state index contributed by atoms with van der Waals surface area (Å²) >= 11 is 0. The second kappa shape index (κ2) is 8.48. The summed E-state index contributed by atoms with van der Waals surface area (Å²) in [5, 5.41) is 3.18. The van der Waals surface area contributed by atoms with E-state index in [1.165, 1.54) is 28.3 Å². The number of nitrogens with two attached hydrogens (primary N) is 1. The molecule has 0 amide bonds. The molecule has 1 saturated heterocycles. The fraction of sp³-hybridized carbons (Fsp3) is 0.562. The minimum absolute atomic E-state index is 0. The van der Waals surface area contributed by atoms with E-state index in [0.717, 1.165) is 18.5 Å². The maximum Gasteiger partial charge on any atom is 0.214 e. The number of nitrogens with one attached hydrogen (secondary N) is 1. The standard InChI is InChI=1S/C16H24N4O2S.HI/c17-16(18-9-11-20-10-4-12-23(20,21)22)19-15-8-3-6-13-5-1-2-7-14(13)15;/h3,6,8H,1-2,4-5,7,9-12H2,(H3,17,18,19);1H. The van der Waals surface area contributed by atoms with Crippen LogP contribution in [0.25, 0.3) is 0 Å². The molecule has 6 nitrogen and oxygen atoms in total. The van der Waals surface area contributed by atoms with Crippen LogP contribution in [-0.4, -0.2) is 44.1 Å². The number of sulfonamides is 1. The summed E-state index contributed by atoms with van der Waals surface area (Å²) in [5.74, 6) is 0.598. The van der Waals surface area contributed by atoms with E-state index in [-0.39, 0.29) is 29.7 Å². The zero-order valence-electron chi connectivity index (χ0n) is 13.7. The average molecular weight is 464 g/mol. The first kappa shape index (κ1) is 19.5. The van der Waals surface area contributed by atoms with Crippen LogP contribution in [0.2, 0.25) is 0 Å². The van der Waals surface area contributed by atoms with Crippen LogP contribution in [0.4, 0.5) is 5.69 Å². The third-order valence-electron chi connectivity index (χ3n) is 4.49. The quantitative estimate of drug-likeness (QED) is 0.405. The Balaban J connectivity index is 0.00000208. The molecule has 1 aliphatic heterocycles. The third kappa shape index (κ3) is 4.60. The molecule has 2 aliphatic rings. The molecule has 0 bridgehead atoms. The third-order valence-corrected chi connectivity index (χ3v) is 6.45. The van der Waals surface area contributed by atoms with Crippen LogP contribution in [-0.2, 0) is 22.9 Å². The number of hydrogen-bond acceptors (Lipinski definition) is 3. The first-order chi connectivity index (χ1) is 11.1. The van der Waals surface area contributed by atoms with E-state index in [2.05, 4.69) is 16.4 Å². The van der Waals surface area contributed by atoms with E-state index in [1.807, 2.05) is 12.1 Å². The van der Waals surface area contributed by atoms with Gasteiger partial charge in [0.05, 0.1) is 12.3 Å². The highest BCUT2D eigenvalue weighted by Crippen LogP contribution is 2.27. The topological polar surface area (TPSA) is 87.8 Å². The molecule has 1 aliphatic carbocycles. The first-order valence-corrected chi connectivity index (χ1v) is 9.83. The molecule has 0 radical (unpaired) electrons. The highest BCUT2D eigenvalue weighted by Gasteiger charge is 2.27. The summed E-state index contributed by atoms with van der Waals surface area (Å²) < 4.78 is 24.9. The van der Waals surface area contributed by atoms with Gasteiger partial charge in [-0.05, 0) is 49.3 Å². The van der Waals surface area contributed by atoms with E-state index in [9.17, 15) is 8.42 Å². The Bertz CT molecular complexity index is 706. The Hall–Kier alpha value is -0.870. The number of nitrogens with zero attached hydrogens (tertiary/aromatic N) is 2. The van der Waals surface area contributed by atoms with Crippen LogP contribution in [0, 0.1) is 0 Å². The number of benzene rings is 1. The van der Waals surface area contributed by atoms with Gasteiger partial charge in [0.2, 0.25) is 10.0 Å². The molecule has 3 rings (SSSR count). The lowest BCUT2D eigenvalue weighted by Crippen LogP contribution is -2.30. The van der Waals surface area contributed by atoms with Crippen molar-refractivity contribution >= 4 is 45.6 Å². The molecule has 0 spiro atoms. The lowest BCUT2D eigenvalue weighted by Gasteiger charge is -2.20. The van der Waals surface area contributed by atoms with Gasteiger partial charge in [-0.3, -0.25) is 4.99 Å². The second-order valence-electron chi connectivity index (χ2n) is 6.11. The fourth-order valence-corrected chi connectivity index (χ4v) is 4.82. The van der Waals surface area contributed by atoms with Crippen molar-refractivity contribution in [1.82, 2.24) is 4.31 Å². The molecule has 3 N–H and O–H groups in total. The van der Waals surface area contributed by atoms with Gasteiger partial charge in [0, 0.05) is 18.8 Å². The molecule has 0 atom stereocenters. The van der Waals surface area contributed by atoms with E-state index >= 15 is 0 Å². The average Bonchev–Trinajstić information content (AvgIpc) is 2.86. The van der Waals surface area contributed by atoms with Crippen molar-refractivity contribution in [2.75, 3.05) is 30.7 Å². The van der Waals surface area contributed by atoms with Crippen LogP contribution in [0.5, 0.6) is 0 Å². The normalized spacial score (nSPS) is 20.2. The predicted octanol–water partition coefficient (Wildman–Crippen LogP) is 1.95. The minimum atomic E-state index is -3.05. The number of aryl methyl sites for hydroxylation is 1.